The van der Waals surface area contributed by atoms with Crippen molar-refractivity contribution >= 4 is 11.9 Å². The summed E-state index contributed by atoms with van der Waals surface area (Å²) in [6.07, 6.45) is 3.81. The minimum atomic E-state index is -1.18. The van der Waals surface area contributed by atoms with Gasteiger partial charge in [-0.2, -0.15) is 0 Å². The van der Waals surface area contributed by atoms with Crippen molar-refractivity contribution in [2.75, 3.05) is 0 Å². The monoisotopic (exact) mass is 332 g/mol. The van der Waals surface area contributed by atoms with Crippen LogP contribution in [0.2, 0.25) is 0 Å². The highest BCUT2D eigenvalue weighted by Crippen LogP contribution is 2.34. The predicted octanol–water partition coefficient (Wildman–Crippen LogP) is 1.57. The first-order chi connectivity index (χ1) is 11.5. The van der Waals surface area contributed by atoms with E-state index in [2.05, 4.69) is 15.6 Å². The maximum absolute atomic E-state index is 13.0. The summed E-state index contributed by atoms with van der Waals surface area (Å²) in [6, 6.07) is 6.52. The zero-order chi connectivity index (χ0) is 17.1. The van der Waals surface area contributed by atoms with Gasteiger partial charge in [-0.25, -0.2) is 13.9 Å². The van der Waals surface area contributed by atoms with Crippen molar-refractivity contribution in [3.8, 4) is 0 Å². The van der Waals surface area contributed by atoms with Crippen LogP contribution in [0.5, 0.6) is 0 Å². The van der Waals surface area contributed by atoms with Crippen LogP contribution in [0.4, 0.5) is 4.39 Å². The van der Waals surface area contributed by atoms with Crippen molar-refractivity contribution in [2.45, 2.75) is 37.8 Å². The molecule has 24 heavy (non-hydrogen) atoms. The molecule has 7 nitrogen and oxygen atoms in total. The quantitative estimate of drug-likeness (QED) is 0.866. The summed E-state index contributed by atoms with van der Waals surface area (Å²) in [5.74, 6) is -1.36. The van der Waals surface area contributed by atoms with E-state index in [-0.39, 0.29) is 30.0 Å². The number of carboxylic acids is 1. The van der Waals surface area contributed by atoms with Crippen LogP contribution in [0, 0.1) is 5.82 Å². The van der Waals surface area contributed by atoms with Crippen LogP contribution in [0.25, 0.3) is 0 Å². The number of hydrogen-bond acceptors (Lipinski definition) is 4. The van der Waals surface area contributed by atoms with Crippen LogP contribution in [0.15, 0.2) is 30.5 Å². The number of benzene rings is 1. The number of amides is 1. The second-order valence-corrected chi connectivity index (χ2v) is 5.93. The third-order valence-corrected chi connectivity index (χ3v) is 4.20. The standard InChI is InChI=1S/C16H17FN4O3/c17-12-4-1-10(2-5-12)11-3-6-13(7-11)18-15(22)9-21-8-14(16(23)24)19-20-21/h1-2,4-5,8,11,13H,3,6-7,9H2,(H,18,22)(H,23,24). The van der Waals surface area contributed by atoms with Gasteiger partial charge in [-0.3, -0.25) is 4.79 Å². The Hall–Kier alpha value is -2.77. The van der Waals surface area contributed by atoms with E-state index >= 15 is 0 Å². The van der Waals surface area contributed by atoms with Crippen molar-refractivity contribution in [2.24, 2.45) is 0 Å². The molecule has 2 atom stereocenters. The van der Waals surface area contributed by atoms with Crippen LogP contribution in [-0.4, -0.2) is 38.0 Å². The lowest BCUT2D eigenvalue weighted by atomic mass is 9.97. The zero-order valence-electron chi connectivity index (χ0n) is 12.9. The number of carboxylic acid groups (broad SMARTS) is 1. The average molecular weight is 332 g/mol. The average Bonchev–Trinajstić information content (AvgIpc) is 3.17. The predicted molar refractivity (Wildman–Crippen MR) is 81.9 cm³/mol. The fraction of sp³-hybridized carbons (Fsp3) is 0.375. The molecular weight excluding hydrogens is 315 g/mol. The molecule has 1 saturated carbocycles. The maximum Gasteiger partial charge on any atom is 0.358 e. The number of aromatic carboxylic acids is 1. The molecule has 0 saturated heterocycles. The summed E-state index contributed by atoms with van der Waals surface area (Å²) in [5, 5.41) is 18.8. The molecule has 2 aromatic rings. The van der Waals surface area contributed by atoms with Gasteiger partial charge in [0.2, 0.25) is 5.91 Å². The highest BCUT2D eigenvalue weighted by atomic mass is 19.1. The van der Waals surface area contributed by atoms with Crippen LogP contribution in [0.1, 0.15) is 41.2 Å². The maximum atomic E-state index is 13.0. The van der Waals surface area contributed by atoms with Gasteiger partial charge < -0.3 is 10.4 Å². The summed E-state index contributed by atoms with van der Waals surface area (Å²) in [7, 11) is 0. The van der Waals surface area contributed by atoms with Crippen molar-refractivity contribution in [1.29, 1.82) is 0 Å². The molecule has 2 unspecified atom stereocenters. The molecular formula is C16H17FN4O3. The van der Waals surface area contributed by atoms with Gasteiger partial charge in [-0.15, -0.1) is 5.10 Å². The Labute approximate surface area is 137 Å². The molecule has 0 radical (unpaired) electrons. The largest absolute Gasteiger partial charge is 0.476 e. The summed E-state index contributed by atoms with van der Waals surface area (Å²) in [4.78, 5) is 22.8. The van der Waals surface area contributed by atoms with Crippen LogP contribution < -0.4 is 5.32 Å². The molecule has 2 N–H and O–H groups in total. The molecule has 1 aliphatic carbocycles. The summed E-state index contributed by atoms with van der Waals surface area (Å²) in [6.45, 7) is -0.0714. The topological polar surface area (TPSA) is 97.1 Å². The highest BCUT2D eigenvalue weighted by molar-refractivity contribution is 5.84. The van der Waals surface area contributed by atoms with E-state index in [1.807, 2.05) is 0 Å². The lowest BCUT2D eigenvalue weighted by molar-refractivity contribution is -0.122. The molecule has 126 valence electrons. The summed E-state index contributed by atoms with van der Waals surface area (Å²) >= 11 is 0. The fourth-order valence-electron chi connectivity index (χ4n) is 3.04. The Bertz CT molecular complexity index is 744. The lowest BCUT2D eigenvalue weighted by Gasteiger charge is -2.13. The Morgan fingerprint density at radius 1 is 1.29 bits per heavy atom. The number of carbonyl (C=O) groups excluding carboxylic acids is 1. The van der Waals surface area contributed by atoms with Crippen molar-refractivity contribution < 1.29 is 19.1 Å². The van der Waals surface area contributed by atoms with E-state index in [4.69, 9.17) is 5.11 Å². The number of halogens is 1. The van der Waals surface area contributed by atoms with Gasteiger partial charge in [0.25, 0.3) is 0 Å². The van der Waals surface area contributed by atoms with E-state index in [0.717, 1.165) is 24.8 Å². The fourth-order valence-corrected chi connectivity index (χ4v) is 3.04. The molecule has 1 aromatic heterocycles. The van der Waals surface area contributed by atoms with E-state index in [1.165, 1.54) is 23.0 Å². The Morgan fingerprint density at radius 3 is 2.71 bits per heavy atom. The van der Waals surface area contributed by atoms with Gasteiger partial charge in [0.05, 0.1) is 6.20 Å². The molecule has 0 aliphatic heterocycles. The Morgan fingerprint density at radius 2 is 2.04 bits per heavy atom. The number of rotatable bonds is 5. The Balaban J connectivity index is 1.52. The number of nitrogens with one attached hydrogen (secondary N) is 1. The second kappa shape index (κ2) is 6.77. The molecule has 8 heteroatoms. The summed E-state index contributed by atoms with van der Waals surface area (Å²) < 4.78 is 14.2. The van der Waals surface area contributed by atoms with Crippen LogP contribution >= 0.6 is 0 Å². The molecule has 0 bridgehead atoms. The lowest BCUT2D eigenvalue weighted by Crippen LogP contribution is -2.35. The number of carbonyl (C=O) groups is 2. The molecule has 1 amide bonds. The second-order valence-electron chi connectivity index (χ2n) is 5.93. The van der Waals surface area contributed by atoms with Gasteiger partial charge in [0.1, 0.15) is 12.4 Å². The highest BCUT2D eigenvalue weighted by Gasteiger charge is 2.27. The molecule has 1 heterocycles. The normalized spacial score (nSPS) is 20.0. The van der Waals surface area contributed by atoms with Crippen LogP contribution in [0.3, 0.4) is 0 Å². The van der Waals surface area contributed by atoms with E-state index in [0.29, 0.717) is 5.92 Å². The van der Waals surface area contributed by atoms with Crippen LogP contribution in [-0.2, 0) is 11.3 Å². The molecule has 0 spiro atoms. The van der Waals surface area contributed by atoms with E-state index in [9.17, 15) is 14.0 Å². The third-order valence-electron chi connectivity index (χ3n) is 4.20. The smallest absolute Gasteiger partial charge is 0.358 e. The minimum Gasteiger partial charge on any atom is -0.476 e. The third kappa shape index (κ3) is 3.76. The van der Waals surface area contributed by atoms with Gasteiger partial charge in [-0.1, -0.05) is 17.3 Å². The van der Waals surface area contributed by atoms with Gasteiger partial charge >= 0.3 is 5.97 Å². The first kappa shape index (κ1) is 16.1. The van der Waals surface area contributed by atoms with Gasteiger partial charge in [0.15, 0.2) is 5.69 Å². The van der Waals surface area contributed by atoms with Crippen molar-refractivity contribution in [1.82, 2.24) is 20.3 Å². The first-order valence-electron chi connectivity index (χ1n) is 7.69. The van der Waals surface area contributed by atoms with E-state index in [1.54, 1.807) is 12.1 Å². The number of hydrogen-bond donors (Lipinski definition) is 2. The van der Waals surface area contributed by atoms with Crippen molar-refractivity contribution in [3.05, 3.63) is 47.5 Å². The Kier molecular flexibility index (Phi) is 4.54. The minimum absolute atomic E-state index is 0.0509. The first-order valence-corrected chi connectivity index (χ1v) is 7.69. The molecule has 1 aliphatic rings. The number of nitrogens with zero attached hydrogens (tertiary/aromatic N) is 3. The van der Waals surface area contributed by atoms with E-state index < -0.39 is 5.97 Å². The molecule has 1 fully saturated rings. The molecule has 1 aromatic carbocycles. The molecule has 3 rings (SSSR count). The zero-order valence-corrected chi connectivity index (χ0v) is 12.9. The van der Waals surface area contributed by atoms with Gasteiger partial charge in [-0.05, 0) is 42.9 Å². The summed E-state index contributed by atoms with van der Waals surface area (Å²) in [5.41, 5.74) is 0.885. The van der Waals surface area contributed by atoms with Gasteiger partial charge in [0, 0.05) is 6.04 Å². The van der Waals surface area contributed by atoms with Crippen molar-refractivity contribution in [3.63, 3.8) is 0 Å². The number of aromatic nitrogens is 3. The SMILES string of the molecule is O=C(Cn1cc(C(=O)O)nn1)NC1CCC(c2ccc(F)cc2)C1.